The van der Waals surface area contributed by atoms with E-state index >= 15 is 0 Å². The fraction of sp³-hybridized carbons (Fsp3) is 1.00. The Morgan fingerprint density at radius 2 is 1.94 bits per heavy atom. The lowest BCUT2D eigenvalue weighted by Crippen LogP contribution is -2.48. The first-order valence-electron chi connectivity index (χ1n) is 7.01. The molecule has 0 aromatic heterocycles. The molecule has 0 amide bonds. The van der Waals surface area contributed by atoms with Crippen LogP contribution < -0.4 is 5.32 Å². The molecule has 0 aromatic rings. The molecule has 0 bridgehead atoms. The summed E-state index contributed by atoms with van der Waals surface area (Å²) < 4.78 is 0. The van der Waals surface area contributed by atoms with Crippen molar-refractivity contribution in [3.8, 4) is 0 Å². The van der Waals surface area contributed by atoms with Crippen LogP contribution in [0.15, 0.2) is 0 Å². The van der Waals surface area contributed by atoms with Gasteiger partial charge in [0.25, 0.3) is 0 Å². The Labute approximate surface area is 102 Å². The number of nitrogens with one attached hydrogen (secondary N) is 1. The summed E-state index contributed by atoms with van der Waals surface area (Å²) in [5.41, 5.74) is 0.287. The van der Waals surface area contributed by atoms with Crippen LogP contribution >= 0.6 is 0 Å². The van der Waals surface area contributed by atoms with E-state index in [0.29, 0.717) is 6.04 Å². The molecular weight excluding hydrogens is 196 g/mol. The molecule has 1 aliphatic carbocycles. The largest absolute Gasteiger partial charge is 0.310 e. The topological polar surface area (TPSA) is 15.3 Å². The summed E-state index contributed by atoms with van der Waals surface area (Å²) in [5.74, 6) is 0. The van der Waals surface area contributed by atoms with E-state index in [1.807, 2.05) is 0 Å². The average molecular weight is 226 g/mol. The van der Waals surface area contributed by atoms with Crippen molar-refractivity contribution in [1.82, 2.24) is 10.2 Å². The van der Waals surface area contributed by atoms with Gasteiger partial charge in [-0.25, -0.2) is 0 Å². The molecule has 1 unspecified atom stereocenters. The number of hydrogen-bond donors (Lipinski definition) is 1. The van der Waals surface area contributed by atoms with Gasteiger partial charge in [0.1, 0.15) is 0 Å². The zero-order chi connectivity index (χ0) is 12.2. The van der Waals surface area contributed by atoms with E-state index in [-0.39, 0.29) is 5.54 Å². The van der Waals surface area contributed by atoms with Gasteiger partial charge in [0, 0.05) is 24.2 Å². The second kappa shape index (κ2) is 6.02. The van der Waals surface area contributed by atoms with Gasteiger partial charge in [-0.3, -0.25) is 4.90 Å². The quantitative estimate of drug-likeness (QED) is 0.684. The lowest BCUT2D eigenvalue weighted by Gasteiger charge is -2.33. The Hall–Kier alpha value is -0.0800. The van der Waals surface area contributed by atoms with Crippen LogP contribution in [0.25, 0.3) is 0 Å². The molecule has 1 N–H and O–H groups in total. The van der Waals surface area contributed by atoms with E-state index in [9.17, 15) is 0 Å². The van der Waals surface area contributed by atoms with Crippen molar-refractivity contribution in [3.05, 3.63) is 0 Å². The number of nitrogens with zero attached hydrogens (tertiary/aromatic N) is 1. The van der Waals surface area contributed by atoms with Crippen LogP contribution in [0.5, 0.6) is 0 Å². The molecule has 0 aromatic carbocycles. The summed E-state index contributed by atoms with van der Waals surface area (Å²) in [6.07, 6.45) is 5.30. The van der Waals surface area contributed by atoms with Crippen LogP contribution in [-0.2, 0) is 0 Å². The van der Waals surface area contributed by atoms with Gasteiger partial charge in [0.05, 0.1) is 0 Å². The Morgan fingerprint density at radius 1 is 1.31 bits per heavy atom. The maximum atomic E-state index is 3.69. The Balaban J connectivity index is 2.33. The Morgan fingerprint density at radius 3 is 2.38 bits per heavy atom. The molecule has 16 heavy (non-hydrogen) atoms. The predicted octanol–water partition coefficient (Wildman–Crippen LogP) is 3.03. The predicted molar refractivity (Wildman–Crippen MR) is 71.9 cm³/mol. The smallest absolute Gasteiger partial charge is 0.0195 e. The lowest BCUT2D eigenvalue weighted by atomic mass is 10.0. The summed E-state index contributed by atoms with van der Waals surface area (Å²) in [6.45, 7) is 13.9. The SMILES string of the molecule is CCCN(C(C)CNC(C)(C)CC)C1CC1. The fourth-order valence-corrected chi connectivity index (χ4v) is 2.09. The highest BCUT2D eigenvalue weighted by atomic mass is 15.2. The van der Waals surface area contributed by atoms with Crippen LogP contribution in [0.4, 0.5) is 0 Å². The maximum Gasteiger partial charge on any atom is 0.0195 e. The molecule has 0 heterocycles. The van der Waals surface area contributed by atoms with Crippen molar-refractivity contribution >= 4 is 0 Å². The minimum absolute atomic E-state index is 0.287. The first kappa shape index (κ1) is 14.0. The molecular formula is C14H30N2. The fourth-order valence-electron chi connectivity index (χ4n) is 2.09. The molecule has 0 aliphatic heterocycles. The highest BCUT2D eigenvalue weighted by Gasteiger charge is 2.31. The highest BCUT2D eigenvalue weighted by molar-refractivity contribution is 4.89. The molecule has 1 atom stereocenters. The van der Waals surface area contributed by atoms with E-state index in [1.54, 1.807) is 0 Å². The molecule has 1 aliphatic rings. The zero-order valence-corrected chi connectivity index (χ0v) is 11.8. The van der Waals surface area contributed by atoms with Crippen molar-refractivity contribution in [2.75, 3.05) is 13.1 Å². The van der Waals surface area contributed by atoms with Crippen LogP contribution in [0.2, 0.25) is 0 Å². The van der Waals surface area contributed by atoms with Crippen LogP contribution in [0, 0.1) is 0 Å². The van der Waals surface area contributed by atoms with Gasteiger partial charge in [-0.15, -0.1) is 0 Å². The maximum absolute atomic E-state index is 3.69. The van der Waals surface area contributed by atoms with Gasteiger partial charge in [0.2, 0.25) is 0 Å². The Kier molecular flexibility index (Phi) is 5.26. The standard InChI is InChI=1S/C14H30N2/c1-6-10-16(13-8-9-13)12(3)11-15-14(4,5)7-2/h12-13,15H,6-11H2,1-5H3. The van der Waals surface area contributed by atoms with Gasteiger partial charge in [-0.2, -0.15) is 0 Å². The molecule has 1 rings (SSSR count). The van der Waals surface area contributed by atoms with E-state index in [1.165, 1.54) is 32.2 Å². The van der Waals surface area contributed by atoms with Crippen molar-refractivity contribution in [1.29, 1.82) is 0 Å². The second-order valence-corrected chi connectivity index (χ2v) is 5.94. The lowest BCUT2D eigenvalue weighted by molar-refractivity contribution is 0.182. The summed E-state index contributed by atoms with van der Waals surface area (Å²) in [7, 11) is 0. The normalized spacial score (nSPS) is 19.1. The van der Waals surface area contributed by atoms with Gasteiger partial charge >= 0.3 is 0 Å². The van der Waals surface area contributed by atoms with Gasteiger partial charge < -0.3 is 5.32 Å². The van der Waals surface area contributed by atoms with E-state index in [2.05, 4.69) is 44.8 Å². The second-order valence-electron chi connectivity index (χ2n) is 5.94. The van der Waals surface area contributed by atoms with E-state index < -0.39 is 0 Å². The molecule has 96 valence electrons. The highest BCUT2D eigenvalue weighted by Crippen LogP contribution is 2.28. The summed E-state index contributed by atoms with van der Waals surface area (Å²) >= 11 is 0. The summed E-state index contributed by atoms with van der Waals surface area (Å²) in [6, 6.07) is 1.57. The third-order valence-electron chi connectivity index (χ3n) is 3.82. The first-order chi connectivity index (χ1) is 7.50. The molecule has 2 heteroatoms. The first-order valence-corrected chi connectivity index (χ1v) is 7.01. The monoisotopic (exact) mass is 226 g/mol. The average Bonchev–Trinajstić information content (AvgIpc) is 3.06. The van der Waals surface area contributed by atoms with Crippen molar-refractivity contribution in [2.45, 2.75) is 77.9 Å². The number of hydrogen-bond acceptors (Lipinski definition) is 2. The minimum atomic E-state index is 0.287. The van der Waals surface area contributed by atoms with Crippen molar-refractivity contribution in [3.63, 3.8) is 0 Å². The van der Waals surface area contributed by atoms with Gasteiger partial charge in [0.15, 0.2) is 0 Å². The van der Waals surface area contributed by atoms with Crippen molar-refractivity contribution in [2.24, 2.45) is 0 Å². The summed E-state index contributed by atoms with van der Waals surface area (Å²) in [5, 5.41) is 3.69. The van der Waals surface area contributed by atoms with E-state index in [4.69, 9.17) is 0 Å². The van der Waals surface area contributed by atoms with Crippen LogP contribution in [0.3, 0.4) is 0 Å². The molecule has 0 radical (unpaired) electrons. The molecule has 2 nitrogen and oxygen atoms in total. The van der Waals surface area contributed by atoms with Crippen molar-refractivity contribution < 1.29 is 0 Å². The third-order valence-corrected chi connectivity index (χ3v) is 3.82. The molecule has 0 spiro atoms. The molecule has 0 saturated heterocycles. The Bertz CT molecular complexity index is 197. The zero-order valence-electron chi connectivity index (χ0n) is 11.8. The molecule has 1 fully saturated rings. The van der Waals surface area contributed by atoms with Gasteiger partial charge in [-0.05, 0) is 53.0 Å². The number of rotatable bonds is 8. The molecule has 1 saturated carbocycles. The third kappa shape index (κ3) is 4.42. The van der Waals surface area contributed by atoms with Crippen LogP contribution in [0.1, 0.15) is 60.3 Å². The van der Waals surface area contributed by atoms with Crippen LogP contribution in [-0.4, -0.2) is 35.6 Å². The van der Waals surface area contributed by atoms with E-state index in [0.717, 1.165) is 12.6 Å². The minimum Gasteiger partial charge on any atom is -0.310 e. The van der Waals surface area contributed by atoms with Gasteiger partial charge in [-0.1, -0.05) is 13.8 Å². The summed E-state index contributed by atoms with van der Waals surface area (Å²) in [4.78, 5) is 2.69.